The van der Waals surface area contributed by atoms with Crippen LogP contribution in [0.5, 0.6) is 0 Å². The molecular formula is C13H19N3O5. The van der Waals surface area contributed by atoms with E-state index in [0.717, 1.165) is 7.11 Å². The number of carbonyl (C=O) groups is 3. The first kappa shape index (κ1) is 18.7. The second-order valence-electron chi connectivity index (χ2n) is 3.86. The zero-order valence-corrected chi connectivity index (χ0v) is 11.9. The fraction of sp³-hybridized carbons (Fsp3) is 0.385. The molecule has 1 unspecified atom stereocenters. The summed E-state index contributed by atoms with van der Waals surface area (Å²) in [6.45, 7) is 0.630. The lowest BCUT2D eigenvalue weighted by molar-refractivity contribution is -0.126. The third-order valence-electron chi connectivity index (χ3n) is 2.26. The van der Waals surface area contributed by atoms with E-state index in [1.54, 1.807) is 0 Å². The van der Waals surface area contributed by atoms with Crippen molar-refractivity contribution >= 4 is 17.6 Å². The molecule has 0 saturated carbocycles. The Morgan fingerprint density at radius 2 is 1.81 bits per heavy atom. The number of aliphatic hydroxyl groups excluding tert-OH is 2. The molecule has 2 amide bonds. The average Bonchev–Trinajstić information content (AvgIpc) is 2.52. The van der Waals surface area contributed by atoms with Gasteiger partial charge in [0.05, 0.1) is 13.2 Å². The number of nitrogens with one attached hydrogen (secondary N) is 2. The minimum Gasteiger partial charge on any atom is -0.400 e. The maximum absolute atomic E-state index is 11.8. The number of hydrogen-bond donors (Lipinski definition) is 4. The predicted molar refractivity (Wildman–Crippen MR) is 74.4 cm³/mol. The summed E-state index contributed by atoms with van der Waals surface area (Å²) in [5, 5.41) is 20.8. The Morgan fingerprint density at radius 3 is 2.29 bits per heavy atom. The lowest BCUT2D eigenvalue weighted by Crippen LogP contribution is -2.49. The summed E-state index contributed by atoms with van der Waals surface area (Å²) in [6, 6.07) is 1.87. The predicted octanol–water partition coefficient (Wildman–Crippen LogP) is -1.51. The molecular weight excluding hydrogens is 278 g/mol. The normalized spacial score (nSPS) is 10.7. The molecule has 0 bridgehead atoms. The smallest absolute Gasteiger partial charge is 0.252 e. The number of rotatable bonds is 6. The highest BCUT2D eigenvalue weighted by molar-refractivity contribution is 5.97. The van der Waals surface area contributed by atoms with E-state index in [1.807, 2.05) is 0 Å². The van der Waals surface area contributed by atoms with Gasteiger partial charge in [-0.25, -0.2) is 0 Å². The SMILES string of the molecule is CC(=O)CNC(=O)C(CO)NC(=O)c1ccncc1.CO. The number of pyridine rings is 1. The standard InChI is InChI=1S/C12H15N3O4.CH4O/c1-8(17)6-14-12(19)10(7-16)15-11(18)9-2-4-13-5-3-9;1-2/h2-5,10,16H,6-7H2,1H3,(H,14,19)(H,15,18);2H,1H3. The van der Waals surface area contributed by atoms with Gasteiger partial charge in [-0.1, -0.05) is 0 Å². The summed E-state index contributed by atoms with van der Waals surface area (Å²) in [5.41, 5.74) is 0.327. The Morgan fingerprint density at radius 1 is 1.24 bits per heavy atom. The van der Waals surface area contributed by atoms with Gasteiger partial charge in [-0.2, -0.15) is 0 Å². The molecule has 1 atom stereocenters. The van der Waals surface area contributed by atoms with E-state index in [9.17, 15) is 14.4 Å². The van der Waals surface area contributed by atoms with E-state index in [1.165, 1.54) is 31.5 Å². The van der Waals surface area contributed by atoms with Gasteiger partial charge >= 0.3 is 0 Å². The molecule has 116 valence electrons. The Hall–Kier alpha value is -2.32. The molecule has 1 rings (SSSR count). The van der Waals surface area contributed by atoms with Crippen molar-refractivity contribution in [1.82, 2.24) is 15.6 Å². The first-order valence-electron chi connectivity index (χ1n) is 6.08. The van der Waals surface area contributed by atoms with Gasteiger partial charge in [-0.3, -0.25) is 19.4 Å². The summed E-state index contributed by atoms with van der Waals surface area (Å²) in [6.07, 6.45) is 2.89. The Labute approximate surface area is 122 Å². The monoisotopic (exact) mass is 297 g/mol. The first-order chi connectivity index (χ1) is 10.0. The lowest BCUT2D eigenvalue weighted by Gasteiger charge is -2.15. The maximum Gasteiger partial charge on any atom is 0.252 e. The van der Waals surface area contributed by atoms with Gasteiger partial charge < -0.3 is 20.8 Å². The van der Waals surface area contributed by atoms with Crippen molar-refractivity contribution in [1.29, 1.82) is 0 Å². The van der Waals surface area contributed by atoms with Crippen LogP contribution >= 0.6 is 0 Å². The van der Waals surface area contributed by atoms with Crippen molar-refractivity contribution in [2.75, 3.05) is 20.3 Å². The maximum atomic E-state index is 11.8. The van der Waals surface area contributed by atoms with Gasteiger partial charge in [-0.05, 0) is 19.1 Å². The minimum absolute atomic E-state index is 0.138. The molecule has 1 heterocycles. The summed E-state index contributed by atoms with van der Waals surface area (Å²) in [5.74, 6) is -1.33. The molecule has 21 heavy (non-hydrogen) atoms. The van der Waals surface area contributed by atoms with Crippen LogP contribution in [0.1, 0.15) is 17.3 Å². The van der Waals surface area contributed by atoms with Crippen LogP contribution < -0.4 is 10.6 Å². The summed E-state index contributed by atoms with van der Waals surface area (Å²) in [7, 11) is 1.00. The number of ketones is 1. The number of nitrogens with zero attached hydrogens (tertiary/aromatic N) is 1. The van der Waals surface area contributed by atoms with Gasteiger partial charge in [0.1, 0.15) is 11.8 Å². The second-order valence-corrected chi connectivity index (χ2v) is 3.86. The average molecular weight is 297 g/mol. The van der Waals surface area contributed by atoms with Crippen molar-refractivity contribution in [3.8, 4) is 0 Å². The fourth-order valence-electron chi connectivity index (χ4n) is 1.27. The number of hydrogen-bond acceptors (Lipinski definition) is 6. The first-order valence-corrected chi connectivity index (χ1v) is 6.08. The van der Waals surface area contributed by atoms with Crippen LogP contribution in [0.4, 0.5) is 0 Å². The molecule has 4 N–H and O–H groups in total. The Bertz CT molecular complexity index is 464. The summed E-state index contributed by atoms with van der Waals surface area (Å²) >= 11 is 0. The fourth-order valence-corrected chi connectivity index (χ4v) is 1.27. The highest BCUT2D eigenvalue weighted by atomic mass is 16.3. The molecule has 0 radical (unpaired) electrons. The van der Waals surface area contributed by atoms with E-state index >= 15 is 0 Å². The number of aromatic nitrogens is 1. The number of amides is 2. The van der Waals surface area contributed by atoms with Gasteiger partial charge in [0.2, 0.25) is 5.91 Å². The van der Waals surface area contributed by atoms with Crippen molar-refractivity contribution in [3.05, 3.63) is 30.1 Å². The Balaban J connectivity index is 0.00000191. The van der Waals surface area contributed by atoms with Crippen molar-refractivity contribution < 1.29 is 24.6 Å². The van der Waals surface area contributed by atoms with Gasteiger partial charge in [0.25, 0.3) is 5.91 Å². The number of carbonyl (C=O) groups excluding carboxylic acids is 3. The van der Waals surface area contributed by atoms with Crippen LogP contribution in [0, 0.1) is 0 Å². The van der Waals surface area contributed by atoms with E-state index < -0.39 is 24.5 Å². The summed E-state index contributed by atoms with van der Waals surface area (Å²) < 4.78 is 0. The molecule has 0 aliphatic heterocycles. The van der Waals surface area contributed by atoms with E-state index in [0.29, 0.717) is 5.56 Å². The lowest BCUT2D eigenvalue weighted by atomic mass is 10.2. The largest absolute Gasteiger partial charge is 0.400 e. The van der Waals surface area contributed by atoms with E-state index in [4.69, 9.17) is 10.2 Å². The molecule has 0 spiro atoms. The van der Waals surface area contributed by atoms with Gasteiger partial charge in [0, 0.05) is 25.1 Å². The van der Waals surface area contributed by atoms with Crippen LogP contribution in [0.3, 0.4) is 0 Å². The minimum atomic E-state index is -1.10. The molecule has 0 fully saturated rings. The van der Waals surface area contributed by atoms with E-state index in [-0.39, 0.29) is 12.3 Å². The van der Waals surface area contributed by atoms with Crippen LogP contribution in [0.15, 0.2) is 24.5 Å². The quantitative estimate of drug-likeness (QED) is 0.505. The molecule has 8 nitrogen and oxygen atoms in total. The van der Waals surface area contributed by atoms with Crippen LogP contribution in [-0.2, 0) is 9.59 Å². The molecule has 0 aromatic carbocycles. The Kier molecular flexibility index (Phi) is 9.31. The zero-order valence-electron chi connectivity index (χ0n) is 11.9. The number of Topliss-reactive ketones (excluding diaryl/α,β-unsaturated/α-hetero) is 1. The molecule has 0 aliphatic carbocycles. The van der Waals surface area contributed by atoms with Gasteiger partial charge in [-0.15, -0.1) is 0 Å². The van der Waals surface area contributed by atoms with Crippen molar-refractivity contribution in [3.63, 3.8) is 0 Å². The van der Waals surface area contributed by atoms with E-state index in [2.05, 4.69) is 15.6 Å². The highest BCUT2D eigenvalue weighted by Crippen LogP contribution is 1.97. The van der Waals surface area contributed by atoms with Crippen LogP contribution in [0.2, 0.25) is 0 Å². The third-order valence-corrected chi connectivity index (χ3v) is 2.26. The third kappa shape index (κ3) is 7.14. The molecule has 1 aromatic heterocycles. The highest BCUT2D eigenvalue weighted by Gasteiger charge is 2.20. The molecule has 0 saturated heterocycles. The van der Waals surface area contributed by atoms with Crippen molar-refractivity contribution in [2.24, 2.45) is 0 Å². The van der Waals surface area contributed by atoms with Crippen LogP contribution in [-0.4, -0.2) is 59.1 Å². The molecule has 8 heteroatoms. The second kappa shape index (κ2) is 10.5. The zero-order chi connectivity index (χ0) is 16.3. The van der Waals surface area contributed by atoms with Gasteiger partial charge in [0.15, 0.2) is 0 Å². The van der Waals surface area contributed by atoms with Crippen molar-refractivity contribution in [2.45, 2.75) is 13.0 Å². The molecule has 0 aliphatic rings. The number of aliphatic hydroxyl groups is 2. The van der Waals surface area contributed by atoms with Crippen LogP contribution in [0.25, 0.3) is 0 Å². The topological polar surface area (TPSA) is 129 Å². The summed E-state index contributed by atoms with van der Waals surface area (Å²) in [4.78, 5) is 37.9. The molecule has 1 aromatic rings.